The molecule has 0 amide bonds. The maximum Gasteiger partial charge on any atom is 0.218 e. The monoisotopic (exact) mass is 755 g/mol. The number of sulfonamides is 1. The molecule has 4 atom stereocenters. The Morgan fingerprint density at radius 3 is 1.92 bits per heavy atom. The molecule has 2 fully saturated rings. The Morgan fingerprint density at radius 1 is 0.698 bits per heavy atom. The Hall–Kier alpha value is -3.77. The summed E-state index contributed by atoms with van der Waals surface area (Å²) in [6, 6.07) is 30.8. The molecule has 0 aliphatic carbocycles. The number of rotatable bonds is 9. The fraction of sp³-hybridized carbons (Fsp3) is 0.405. The zero-order valence-electron chi connectivity index (χ0n) is 30.0. The normalized spacial score (nSPS) is 20.9. The first-order chi connectivity index (χ1) is 25.4. The first-order valence-electron chi connectivity index (χ1n) is 18.8. The van der Waals surface area contributed by atoms with Gasteiger partial charge in [-0.15, -0.1) is 12.4 Å². The van der Waals surface area contributed by atoms with Crippen LogP contribution in [0.3, 0.4) is 0 Å². The van der Waals surface area contributed by atoms with Crippen molar-refractivity contribution in [1.29, 1.82) is 0 Å². The van der Waals surface area contributed by atoms with Crippen LogP contribution in [-0.4, -0.2) is 75.4 Å². The van der Waals surface area contributed by atoms with E-state index in [1.54, 1.807) is 4.31 Å². The van der Waals surface area contributed by atoms with Gasteiger partial charge in [0.25, 0.3) is 0 Å². The number of aliphatic hydroxyl groups excluding tert-OH is 2. The Morgan fingerprint density at radius 2 is 1.26 bits per heavy atom. The molecule has 11 heteroatoms. The minimum Gasteiger partial charge on any atom is -0.393 e. The summed E-state index contributed by atoms with van der Waals surface area (Å²) in [6.45, 7) is 3.01. The van der Waals surface area contributed by atoms with E-state index in [4.69, 9.17) is 0 Å². The predicted octanol–water partition coefficient (Wildman–Crippen LogP) is 6.68. The Kier molecular flexibility index (Phi) is 11.5. The fourth-order valence-electron chi connectivity index (χ4n) is 8.96. The van der Waals surface area contributed by atoms with E-state index in [1.165, 1.54) is 27.9 Å². The van der Waals surface area contributed by atoms with E-state index in [-0.39, 0.29) is 42.3 Å². The highest BCUT2D eigenvalue weighted by atomic mass is 35.5. The lowest BCUT2D eigenvalue weighted by atomic mass is 9.87. The lowest BCUT2D eigenvalue weighted by Gasteiger charge is -2.34. The first-order valence-corrected chi connectivity index (χ1v) is 20.4. The van der Waals surface area contributed by atoms with Crippen molar-refractivity contribution in [2.75, 3.05) is 26.2 Å². The van der Waals surface area contributed by atoms with E-state index < -0.39 is 16.1 Å². The molecule has 0 bridgehead atoms. The van der Waals surface area contributed by atoms with Gasteiger partial charge in [0.15, 0.2) is 0 Å². The second kappa shape index (κ2) is 16.3. The van der Waals surface area contributed by atoms with E-state index in [0.29, 0.717) is 38.3 Å². The van der Waals surface area contributed by atoms with Gasteiger partial charge in [-0.05, 0) is 92.3 Å². The number of nitrogens with zero attached hydrogens (tertiary/aromatic N) is 4. The molecule has 53 heavy (non-hydrogen) atoms. The Bertz CT molecular complexity index is 2070. The molecule has 2 aromatic heterocycles. The number of nitrogens with one attached hydrogen (secondary N) is 1. The number of aromatic nitrogens is 3. The molecule has 4 aliphatic rings. The van der Waals surface area contributed by atoms with Gasteiger partial charge < -0.3 is 24.7 Å². The molecule has 2 saturated heterocycles. The minimum absolute atomic E-state index is 0. The van der Waals surface area contributed by atoms with Gasteiger partial charge in [0.1, 0.15) is 0 Å². The van der Waals surface area contributed by atoms with Crippen LogP contribution < -0.4 is 5.32 Å². The summed E-state index contributed by atoms with van der Waals surface area (Å²) in [4.78, 5) is 4.29. The molecule has 5 aromatic rings. The lowest BCUT2D eigenvalue weighted by Crippen LogP contribution is -2.42. The summed E-state index contributed by atoms with van der Waals surface area (Å²) in [7, 11) is -3.34. The van der Waals surface area contributed by atoms with Crippen LogP contribution in [0, 0.1) is 11.8 Å². The number of halogens is 1. The smallest absolute Gasteiger partial charge is 0.218 e. The number of imidazole rings is 1. The second-order valence-corrected chi connectivity index (χ2v) is 16.8. The quantitative estimate of drug-likeness (QED) is 0.155. The molecule has 0 saturated carbocycles. The lowest BCUT2D eigenvalue weighted by molar-refractivity contribution is 0.0614. The number of piperidine rings is 2. The largest absolute Gasteiger partial charge is 0.393 e. The highest BCUT2D eigenvalue weighted by molar-refractivity contribution is 7.88. The average Bonchev–Trinajstić information content (AvgIpc) is 3.97. The highest BCUT2D eigenvalue weighted by Crippen LogP contribution is 2.44. The zero-order valence-corrected chi connectivity index (χ0v) is 31.6. The zero-order chi connectivity index (χ0) is 35.7. The summed E-state index contributed by atoms with van der Waals surface area (Å²) < 4.78 is 31.7. The molecule has 4 aliphatic heterocycles. The Labute approximate surface area is 319 Å². The summed E-state index contributed by atoms with van der Waals surface area (Å²) in [6.07, 6.45) is 10.2. The maximum atomic E-state index is 12.8. The van der Waals surface area contributed by atoms with Gasteiger partial charge in [0.05, 0.1) is 48.3 Å². The maximum absolute atomic E-state index is 12.8. The van der Waals surface area contributed by atoms with Crippen LogP contribution in [0.25, 0.3) is 22.5 Å². The molecule has 9 rings (SSSR count). The van der Waals surface area contributed by atoms with Crippen LogP contribution in [-0.2, 0) is 15.8 Å². The first kappa shape index (κ1) is 37.5. The summed E-state index contributed by atoms with van der Waals surface area (Å²) in [5, 5.41) is 25.1. The molecular weight excluding hydrogens is 706 g/mol. The number of hydrogen-bond acceptors (Lipinski definition) is 6. The van der Waals surface area contributed by atoms with Crippen molar-refractivity contribution in [3.8, 4) is 22.5 Å². The topological polar surface area (TPSA) is 113 Å². The van der Waals surface area contributed by atoms with Crippen LogP contribution >= 0.6 is 12.4 Å². The van der Waals surface area contributed by atoms with Crippen molar-refractivity contribution in [1.82, 2.24) is 23.7 Å². The van der Waals surface area contributed by atoms with Gasteiger partial charge in [-0.25, -0.2) is 17.7 Å². The van der Waals surface area contributed by atoms with E-state index in [0.717, 1.165) is 43.6 Å². The summed E-state index contributed by atoms with van der Waals surface area (Å²) >= 11 is 0. The van der Waals surface area contributed by atoms with Crippen molar-refractivity contribution >= 4 is 22.4 Å². The highest BCUT2D eigenvalue weighted by Gasteiger charge is 2.36. The number of hydrogen-bond donors (Lipinski definition) is 3. The van der Waals surface area contributed by atoms with E-state index in [9.17, 15) is 18.6 Å². The minimum atomic E-state index is -3.34. The molecular formula is C42H50ClN5O4S. The van der Waals surface area contributed by atoms with E-state index in [1.807, 2.05) is 55.0 Å². The van der Waals surface area contributed by atoms with Gasteiger partial charge in [-0.3, -0.25) is 0 Å². The average molecular weight is 756 g/mol. The van der Waals surface area contributed by atoms with Gasteiger partial charge in [-0.2, -0.15) is 0 Å². The van der Waals surface area contributed by atoms with Gasteiger partial charge in [0.2, 0.25) is 10.0 Å². The molecule has 280 valence electrons. The molecule has 9 nitrogen and oxygen atoms in total. The molecule has 0 radical (unpaired) electrons. The fourth-order valence-corrected chi connectivity index (χ4v) is 10.5. The third-order valence-electron chi connectivity index (χ3n) is 11.8. The van der Waals surface area contributed by atoms with Crippen molar-refractivity contribution in [2.24, 2.45) is 11.8 Å². The third kappa shape index (κ3) is 7.76. The third-order valence-corrected chi connectivity index (χ3v) is 13.6. The predicted molar refractivity (Wildman–Crippen MR) is 211 cm³/mol. The van der Waals surface area contributed by atoms with Crippen LogP contribution in [0.2, 0.25) is 0 Å². The second-order valence-electron chi connectivity index (χ2n) is 14.9. The van der Waals surface area contributed by atoms with E-state index in [2.05, 4.69) is 74.2 Å². The molecule has 3 N–H and O–H groups in total. The SMILES string of the molecule is Cl.O=S(=O)(Cc1ccccc1)N1CCC(C(O)CC2c3ccccc3-c3cncn32)CC1.OC(CC1c2ccccc2-c2cccn21)C1CCNCC1. The standard InChI is InChI=1S/C24H27N3O3S.C18H22N2O.ClH/c28-24(14-22-20-8-4-5-9-21(20)23-15-25-17-27(22)23)19-10-12-26(13-11-19)31(29,30)16-18-6-2-1-3-7-18;21-18(13-7-9-19-10-8-13)12-17-15-5-2-1-4-14(15)16-6-3-11-20(16)17;/h1-9,15,17,19,22,24,28H,10-14,16H2;1-6,11,13,17-19,21H,7-10,12H2;1H. The van der Waals surface area contributed by atoms with E-state index >= 15 is 0 Å². The Balaban J connectivity index is 0.000000173. The molecule has 3 aromatic carbocycles. The molecule has 0 spiro atoms. The number of benzene rings is 3. The van der Waals surface area contributed by atoms with Gasteiger partial charge >= 0.3 is 0 Å². The van der Waals surface area contributed by atoms with Crippen LogP contribution in [0.4, 0.5) is 0 Å². The van der Waals surface area contributed by atoms with Gasteiger partial charge in [0, 0.05) is 36.1 Å². The van der Waals surface area contributed by atoms with Crippen LogP contribution in [0.15, 0.2) is 110 Å². The number of fused-ring (bicyclic) bond motifs is 6. The number of aliphatic hydroxyl groups is 2. The summed E-state index contributed by atoms with van der Waals surface area (Å²) in [5.41, 5.74) is 8.27. The van der Waals surface area contributed by atoms with Crippen molar-refractivity contribution in [3.63, 3.8) is 0 Å². The molecule has 4 unspecified atom stereocenters. The van der Waals surface area contributed by atoms with Gasteiger partial charge in [-0.1, -0.05) is 78.9 Å². The van der Waals surface area contributed by atoms with Crippen LogP contribution in [0.5, 0.6) is 0 Å². The van der Waals surface area contributed by atoms with Crippen molar-refractivity contribution < 1.29 is 18.6 Å². The van der Waals surface area contributed by atoms with Crippen molar-refractivity contribution in [3.05, 3.63) is 126 Å². The van der Waals surface area contributed by atoms with Crippen molar-refractivity contribution in [2.45, 2.75) is 68.6 Å². The molecule has 6 heterocycles. The van der Waals surface area contributed by atoms with Crippen LogP contribution in [0.1, 0.15) is 67.3 Å². The summed E-state index contributed by atoms with van der Waals surface area (Å²) in [5.74, 6) is 0.574.